The van der Waals surface area contributed by atoms with Gasteiger partial charge in [-0.15, -0.1) is 0 Å². The molecule has 2 aromatic rings. The Labute approximate surface area is 180 Å². The van der Waals surface area contributed by atoms with Crippen molar-refractivity contribution in [2.45, 2.75) is 52.7 Å². The van der Waals surface area contributed by atoms with Crippen LogP contribution in [0.3, 0.4) is 0 Å². The molecule has 0 bridgehead atoms. The summed E-state index contributed by atoms with van der Waals surface area (Å²) in [6.45, 7) is 12.2. The fourth-order valence-corrected chi connectivity index (χ4v) is 3.36. The van der Waals surface area contributed by atoms with Crippen LogP contribution in [0.1, 0.15) is 38.8 Å². The fourth-order valence-electron chi connectivity index (χ4n) is 3.36. The molecule has 0 N–H and O–H groups in total. The first-order valence-corrected chi connectivity index (χ1v) is 10.2. The average molecular weight is 406 g/mol. The topological polar surface area (TPSA) is 42.0 Å². The summed E-state index contributed by atoms with van der Waals surface area (Å²) in [6, 6.07) is 14.1. The van der Waals surface area contributed by atoms with Gasteiger partial charge in [-0.25, -0.2) is 0 Å². The number of hydrogen-bond acceptors (Lipinski definition) is 4. The Balaban J connectivity index is 1.85. The lowest BCUT2D eigenvalue weighted by molar-refractivity contribution is -0.106. The summed E-state index contributed by atoms with van der Waals surface area (Å²) in [7, 11) is 1.49. The van der Waals surface area contributed by atoms with Crippen LogP contribution in [0.5, 0.6) is 0 Å². The van der Waals surface area contributed by atoms with Gasteiger partial charge in [0.2, 0.25) is 6.41 Å². The molecule has 1 aliphatic heterocycles. The standard InChI is InChI=1S/C24H31BN2O3/c1-18-11-13-20(14-12-18)26(7)15-16-27(17-28)22-10-8-9-21(19(22)2)25-29-23(3,4)24(5,6)30-25/h8-17H,1-7H3/b16-15-. The van der Waals surface area contributed by atoms with Gasteiger partial charge >= 0.3 is 7.12 Å². The maximum atomic E-state index is 11.9. The molecular formula is C24H31BN2O3. The molecule has 1 fully saturated rings. The van der Waals surface area contributed by atoms with Crippen LogP contribution in [0, 0.1) is 13.8 Å². The summed E-state index contributed by atoms with van der Waals surface area (Å²) in [4.78, 5) is 15.4. The Bertz CT molecular complexity index is 922. The minimum Gasteiger partial charge on any atom is -0.399 e. The van der Waals surface area contributed by atoms with Gasteiger partial charge in [-0.3, -0.25) is 9.69 Å². The summed E-state index contributed by atoms with van der Waals surface area (Å²) in [6.07, 6.45) is 4.46. The molecule has 0 atom stereocenters. The largest absolute Gasteiger partial charge is 0.495 e. The Morgan fingerprint density at radius 1 is 0.900 bits per heavy atom. The molecule has 158 valence electrons. The molecule has 30 heavy (non-hydrogen) atoms. The molecule has 1 saturated heterocycles. The lowest BCUT2D eigenvalue weighted by atomic mass is 9.75. The predicted molar refractivity (Wildman–Crippen MR) is 124 cm³/mol. The number of nitrogens with zero attached hydrogens (tertiary/aromatic N) is 2. The molecular weight excluding hydrogens is 375 g/mol. The normalized spacial score (nSPS) is 17.4. The first kappa shape index (κ1) is 22.1. The average Bonchev–Trinajstić information content (AvgIpc) is 2.90. The van der Waals surface area contributed by atoms with Gasteiger partial charge in [0.25, 0.3) is 0 Å². The number of benzene rings is 2. The van der Waals surface area contributed by atoms with Crippen molar-refractivity contribution in [1.82, 2.24) is 0 Å². The number of carbonyl (C=O) groups is 1. The highest BCUT2D eigenvalue weighted by molar-refractivity contribution is 6.62. The third-order valence-electron chi connectivity index (χ3n) is 6.14. The van der Waals surface area contributed by atoms with E-state index in [1.165, 1.54) is 5.56 Å². The minimum absolute atomic E-state index is 0.416. The number of rotatable bonds is 6. The van der Waals surface area contributed by atoms with Crippen LogP contribution in [0.15, 0.2) is 54.9 Å². The second-order valence-corrected chi connectivity index (χ2v) is 8.84. The van der Waals surface area contributed by atoms with E-state index in [2.05, 4.69) is 31.2 Å². The first-order valence-electron chi connectivity index (χ1n) is 10.2. The van der Waals surface area contributed by atoms with Crippen LogP contribution in [0.25, 0.3) is 0 Å². The van der Waals surface area contributed by atoms with Crippen molar-refractivity contribution in [2.24, 2.45) is 0 Å². The summed E-state index contributed by atoms with van der Waals surface area (Å²) in [5.41, 5.74) is 4.10. The Morgan fingerprint density at radius 2 is 1.50 bits per heavy atom. The summed E-state index contributed by atoms with van der Waals surface area (Å²) < 4.78 is 12.4. The molecule has 1 amide bonds. The molecule has 1 aliphatic rings. The molecule has 0 radical (unpaired) electrons. The maximum absolute atomic E-state index is 11.9. The molecule has 5 nitrogen and oxygen atoms in total. The highest BCUT2D eigenvalue weighted by Gasteiger charge is 2.52. The van der Waals surface area contributed by atoms with Crippen molar-refractivity contribution < 1.29 is 14.1 Å². The summed E-state index contributed by atoms with van der Waals surface area (Å²) in [5, 5.41) is 0. The number of carbonyl (C=O) groups excluding carboxylic acids is 1. The smallest absolute Gasteiger partial charge is 0.399 e. The van der Waals surface area contributed by atoms with E-state index in [0.29, 0.717) is 0 Å². The molecule has 0 saturated carbocycles. The van der Waals surface area contributed by atoms with E-state index >= 15 is 0 Å². The van der Waals surface area contributed by atoms with Crippen LogP contribution >= 0.6 is 0 Å². The molecule has 1 heterocycles. The Hall–Kier alpha value is -2.57. The lowest BCUT2D eigenvalue weighted by Gasteiger charge is -2.32. The zero-order valence-corrected chi connectivity index (χ0v) is 19.0. The third kappa shape index (κ3) is 4.30. The number of aryl methyl sites for hydroxylation is 1. The molecule has 3 rings (SSSR count). The van der Waals surface area contributed by atoms with Crippen molar-refractivity contribution in [1.29, 1.82) is 0 Å². The molecule has 6 heteroatoms. The van der Waals surface area contributed by atoms with E-state index in [0.717, 1.165) is 28.8 Å². The van der Waals surface area contributed by atoms with E-state index in [-0.39, 0.29) is 0 Å². The molecule has 0 aliphatic carbocycles. The monoisotopic (exact) mass is 406 g/mol. The van der Waals surface area contributed by atoms with Crippen LogP contribution < -0.4 is 15.3 Å². The number of hydrogen-bond donors (Lipinski definition) is 0. The molecule has 2 aromatic carbocycles. The predicted octanol–water partition coefficient (Wildman–Crippen LogP) is 4.17. The molecule has 0 unspecified atom stereocenters. The zero-order chi connectivity index (χ0) is 22.1. The van der Waals surface area contributed by atoms with Crippen molar-refractivity contribution in [3.63, 3.8) is 0 Å². The molecule has 0 spiro atoms. The van der Waals surface area contributed by atoms with E-state index in [1.807, 2.05) is 71.0 Å². The molecule has 0 aromatic heterocycles. The van der Waals surface area contributed by atoms with Crippen LogP contribution in [-0.4, -0.2) is 31.8 Å². The van der Waals surface area contributed by atoms with Crippen molar-refractivity contribution in [3.05, 3.63) is 66.0 Å². The van der Waals surface area contributed by atoms with Gasteiger partial charge in [0.15, 0.2) is 0 Å². The second kappa shape index (κ2) is 8.28. The first-order chi connectivity index (χ1) is 14.1. The quantitative estimate of drug-likeness (QED) is 0.534. The van der Waals surface area contributed by atoms with Crippen LogP contribution in [-0.2, 0) is 14.1 Å². The van der Waals surface area contributed by atoms with E-state index in [4.69, 9.17) is 9.31 Å². The summed E-state index contributed by atoms with van der Waals surface area (Å²) in [5.74, 6) is 0. The highest BCUT2D eigenvalue weighted by Crippen LogP contribution is 2.37. The zero-order valence-electron chi connectivity index (χ0n) is 19.0. The lowest BCUT2D eigenvalue weighted by Crippen LogP contribution is -2.41. The van der Waals surface area contributed by atoms with Gasteiger partial charge in [-0.1, -0.05) is 29.8 Å². The fraction of sp³-hybridized carbons (Fsp3) is 0.375. The van der Waals surface area contributed by atoms with Crippen molar-refractivity contribution in [3.8, 4) is 0 Å². The van der Waals surface area contributed by atoms with E-state index in [1.54, 1.807) is 11.1 Å². The highest BCUT2D eigenvalue weighted by atomic mass is 16.7. The third-order valence-corrected chi connectivity index (χ3v) is 6.14. The number of anilines is 2. The van der Waals surface area contributed by atoms with Gasteiger partial charge in [0.1, 0.15) is 0 Å². The second-order valence-electron chi connectivity index (χ2n) is 8.84. The van der Waals surface area contributed by atoms with E-state index in [9.17, 15) is 4.79 Å². The minimum atomic E-state index is -0.470. The van der Waals surface area contributed by atoms with E-state index < -0.39 is 18.3 Å². The number of amides is 1. The van der Waals surface area contributed by atoms with Crippen molar-refractivity contribution >= 4 is 30.4 Å². The summed E-state index contributed by atoms with van der Waals surface area (Å²) >= 11 is 0. The maximum Gasteiger partial charge on any atom is 0.495 e. The van der Waals surface area contributed by atoms with Crippen molar-refractivity contribution in [2.75, 3.05) is 16.8 Å². The van der Waals surface area contributed by atoms with Crippen LogP contribution in [0.2, 0.25) is 0 Å². The van der Waals surface area contributed by atoms with Gasteiger partial charge in [-0.05, 0) is 70.8 Å². The van der Waals surface area contributed by atoms with Gasteiger partial charge < -0.3 is 14.2 Å². The van der Waals surface area contributed by atoms with Gasteiger partial charge in [0, 0.05) is 25.1 Å². The Morgan fingerprint density at radius 3 is 2.07 bits per heavy atom. The SMILES string of the molecule is Cc1ccc(N(C)/C=C\N(C=O)c2cccc(B3OC(C)(C)C(C)(C)O3)c2C)cc1. The van der Waals surface area contributed by atoms with Gasteiger partial charge in [0.05, 0.1) is 16.9 Å². The van der Waals surface area contributed by atoms with Crippen LogP contribution in [0.4, 0.5) is 11.4 Å². The van der Waals surface area contributed by atoms with Gasteiger partial charge in [-0.2, -0.15) is 0 Å². The Kier molecular flexibility index (Phi) is 6.11.